The number of amides is 1. The van der Waals surface area contributed by atoms with Gasteiger partial charge in [0.05, 0.1) is 12.6 Å². The molecule has 1 N–H and O–H groups in total. The molecule has 0 saturated heterocycles. The Morgan fingerprint density at radius 3 is 2.72 bits per heavy atom. The number of hydrogen-bond donors (Lipinski definition) is 1. The Hall–Kier alpha value is -2.40. The average Bonchev–Trinajstić information content (AvgIpc) is 2.78. The first-order chi connectivity index (χ1) is 12.1. The van der Waals surface area contributed by atoms with Gasteiger partial charge in [0.1, 0.15) is 17.6 Å². The van der Waals surface area contributed by atoms with Crippen LogP contribution in [0.5, 0.6) is 5.75 Å². The summed E-state index contributed by atoms with van der Waals surface area (Å²) in [6.07, 6.45) is 1.52. The number of benzene rings is 2. The highest BCUT2D eigenvalue weighted by Crippen LogP contribution is 2.33. The Bertz CT molecular complexity index is 734. The van der Waals surface area contributed by atoms with Gasteiger partial charge in [-0.05, 0) is 50.7 Å². The van der Waals surface area contributed by atoms with E-state index < -0.39 is 6.04 Å². The molecule has 0 saturated carbocycles. The molecule has 0 spiro atoms. The van der Waals surface area contributed by atoms with Gasteiger partial charge in [-0.2, -0.15) is 0 Å². The van der Waals surface area contributed by atoms with E-state index in [0.717, 1.165) is 18.4 Å². The zero-order valence-electron chi connectivity index (χ0n) is 14.5. The maximum Gasteiger partial charge on any atom is 0.242 e. The first-order valence-electron chi connectivity index (χ1n) is 8.50. The van der Waals surface area contributed by atoms with Crippen molar-refractivity contribution in [2.75, 3.05) is 20.7 Å². The third kappa shape index (κ3) is 3.99. The van der Waals surface area contributed by atoms with Crippen LogP contribution in [0, 0.1) is 5.82 Å². The lowest BCUT2D eigenvalue weighted by Crippen LogP contribution is -2.39. The number of hydrogen-bond acceptors (Lipinski definition) is 3. The van der Waals surface area contributed by atoms with Gasteiger partial charge >= 0.3 is 0 Å². The molecule has 0 bridgehead atoms. The molecule has 3 rings (SSSR count). The Balaban J connectivity index is 1.85. The van der Waals surface area contributed by atoms with Crippen LogP contribution in [0.15, 0.2) is 48.5 Å². The number of carbonyl (C=O) groups is 1. The minimum atomic E-state index is -0.401. The minimum Gasteiger partial charge on any atom is -0.493 e. The Morgan fingerprint density at radius 2 is 2.00 bits per heavy atom. The lowest BCUT2D eigenvalue weighted by molar-refractivity contribution is -0.126. The van der Waals surface area contributed by atoms with Crippen LogP contribution in [0.25, 0.3) is 0 Å². The third-order valence-electron chi connectivity index (χ3n) is 4.44. The van der Waals surface area contributed by atoms with Gasteiger partial charge in [0.2, 0.25) is 5.91 Å². The number of halogens is 1. The van der Waals surface area contributed by atoms with Crippen LogP contribution < -0.4 is 10.1 Å². The molecular formula is C20H23FN2O2. The summed E-state index contributed by atoms with van der Waals surface area (Å²) >= 11 is 0. The van der Waals surface area contributed by atoms with Crippen LogP contribution >= 0.6 is 0 Å². The van der Waals surface area contributed by atoms with E-state index in [4.69, 9.17) is 4.74 Å². The summed E-state index contributed by atoms with van der Waals surface area (Å²) in [6.45, 7) is 0.570. The van der Waals surface area contributed by atoms with Crippen LogP contribution in [0.2, 0.25) is 0 Å². The molecule has 0 unspecified atom stereocenters. The van der Waals surface area contributed by atoms with E-state index in [9.17, 15) is 9.18 Å². The smallest absolute Gasteiger partial charge is 0.242 e. The van der Waals surface area contributed by atoms with E-state index in [2.05, 4.69) is 5.32 Å². The first kappa shape index (κ1) is 17.4. The number of nitrogens with one attached hydrogen (secondary N) is 1. The second-order valence-electron chi connectivity index (χ2n) is 6.51. The predicted molar refractivity (Wildman–Crippen MR) is 94.9 cm³/mol. The van der Waals surface area contributed by atoms with Crippen molar-refractivity contribution in [1.29, 1.82) is 0 Å². The van der Waals surface area contributed by atoms with Crippen LogP contribution in [0.1, 0.15) is 36.1 Å². The van der Waals surface area contributed by atoms with Crippen LogP contribution in [-0.4, -0.2) is 31.5 Å². The molecule has 1 heterocycles. The number of nitrogens with zero attached hydrogens (tertiary/aromatic N) is 1. The molecule has 132 valence electrons. The lowest BCUT2D eigenvalue weighted by Gasteiger charge is -2.27. The summed E-state index contributed by atoms with van der Waals surface area (Å²) < 4.78 is 19.4. The molecule has 1 aliphatic heterocycles. The number of ether oxygens (including phenoxy) is 1. The maximum absolute atomic E-state index is 13.7. The van der Waals surface area contributed by atoms with Crippen LogP contribution in [0.4, 0.5) is 4.39 Å². The topological polar surface area (TPSA) is 41.6 Å². The van der Waals surface area contributed by atoms with E-state index in [1.54, 1.807) is 6.07 Å². The van der Waals surface area contributed by atoms with Crippen molar-refractivity contribution in [3.8, 4) is 5.75 Å². The Morgan fingerprint density at radius 1 is 1.24 bits per heavy atom. The van der Waals surface area contributed by atoms with Gasteiger partial charge < -0.3 is 10.1 Å². The SMILES string of the molecule is CN(C)[C@@H](C(=O)N[C@@H]1CCCOc2ccc(F)cc21)c1ccccc1. The second kappa shape index (κ2) is 7.66. The highest BCUT2D eigenvalue weighted by atomic mass is 19.1. The van der Waals surface area contributed by atoms with Gasteiger partial charge in [0, 0.05) is 5.56 Å². The largest absolute Gasteiger partial charge is 0.493 e. The lowest BCUT2D eigenvalue weighted by atomic mass is 9.99. The van der Waals surface area contributed by atoms with E-state index in [-0.39, 0.29) is 17.8 Å². The van der Waals surface area contributed by atoms with Crippen LogP contribution in [-0.2, 0) is 4.79 Å². The van der Waals surface area contributed by atoms with Crippen molar-refractivity contribution in [3.05, 3.63) is 65.5 Å². The molecule has 2 aromatic carbocycles. The molecule has 5 heteroatoms. The quantitative estimate of drug-likeness (QED) is 0.925. The molecular weight excluding hydrogens is 319 g/mol. The van der Waals surface area contributed by atoms with Gasteiger partial charge in [-0.3, -0.25) is 9.69 Å². The molecule has 4 nitrogen and oxygen atoms in total. The predicted octanol–water partition coefficient (Wildman–Crippen LogP) is 3.46. The van der Waals surface area contributed by atoms with Crippen molar-refractivity contribution < 1.29 is 13.9 Å². The van der Waals surface area contributed by atoms with Gasteiger partial charge in [-0.25, -0.2) is 4.39 Å². The Labute approximate surface area is 147 Å². The van der Waals surface area contributed by atoms with Crippen molar-refractivity contribution in [3.63, 3.8) is 0 Å². The Kier molecular flexibility index (Phi) is 5.34. The maximum atomic E-state index is 13.7. The number of rotatable bonds is 4. The molecule has 0 aliphatic carbocycles. The molecule has 1 aliphatic rings. The molecule has 1 amide bonds. The van der Waals surface area contributed by atoms with Crippen molar-refractivity contribution in [1.82, 2.24) is 10.2 Å². The second-order valence-corrected chi connectivity index (χ2v) is 6.51. The van der Waals surface area contributed by atoms with Gasteiger partial charge in [0.25, 0.3) is 0 Å². The minimum absolute atomic E-state index is 0.0988. The summed E-state index contributed by atoms with van der Waals surface area (Å²) in [5.74, 6) is 0.222. The van der Waals surface area contributed by atoms with E-state index in [1.807, 2.05) is 49.3 Å². The number of fused-ring (bicyclic) bond motifs is 1. The van der Waals surface area contributed by atoms with Crippen molar-refractivity contribution in [2.45, 2.75) is 24.9 Å². The summed E-state index contributed by atoms with van der Waals surface area (Å²) in [5, 5.41) is 3.09. The third-order valence-corrected chi connectivity index (χ3v) is 4.44. The summed E-state index contributed by atoms with van der Waals surface area (Å²) in [4.78, 5) is 14.9. The molecule has 0 radical (unpaired) electrons. The number of carbonyl (C=O) groups excluding carboxylic acids is 1. The van der Waals surface area contributed by atoms with Crippen molar-refractivity contribution in [2.24, 2.45) is 0 Å². The van der Waals surface area contributed by atoms with Gasteiger partial charge in [0.15, 0.2) is 0 Å². The van der Waals surface area contributed by atoms with Crippen molar-refractivity contribution >= 4 is 5.91 Å². The van der Waals surface area contributed by atoms with Gasteiger partial charge in [-0.1, -0.05) is 30.3 Å². The normalized spacial score (nSPS) is 18.0. The number of likely N-dealkylation sites (N-methyl/N-ethyl adjacent to an activating group) is 1. The zero-order chi connectivity index (χ0) is 17.8. The van der Waals surface area contributed by atoms with E-state index >= 15 is 0 Å². The highest BCUT2D eigenvalue weighted by molar-refractivity contribution is 5.83. The fraction of sp³-hybridized carbons (Fsp3) is 0.350. The highest BCUT2D eigenvalue weighted by Gasteiger charge is 2.28. The fourth-order valence-electron chi connectivity index (χ4n) is 3.27. The van der Waals surface area contributed by atoms with E-state index in [0.29, 0.717) is 17.9 Å². The summed E-state index contributed by atoms with van der Waals surface area (Å²) in [7, 11) is 3.75. The summed E-state index contributed by atoms with van der Waals surface area (Å²) in [6, 6.07) is 13.5. The molecule has 0 fully saturated rings. The monoisotopic (exact) mass is 342 g/mol. The first-order valence-corrected chi connectivity index (χ1v) is 8.50. The molecule has 2 atom stereocenters. The zero-order valence-corrected chi connectivity index (χ0v) is 14.5. The summed E-state index contributed by atoms with van der Waals surface area (Å²) in [5.41, 5.74) is 1.63. The van der Waals surface area contributed by atoms with E-state index in [1.165, 1.54) is 12.1 Å². The molecule has 0 aromatic heterocycles. The molecule has 2 aromatic rings. The van der Waals surface area contributed by atoms with Crippen LogP contribution in [0.3, 0.4) is 0 Å². The van der Waals surface area contributed by atoms with Gasteiger partial charge in [-0.15, -0.1) is 0 Å². The molecule has 25 heavy (non-hydrogen) atoms. The fourth-order valence-corrected chi connectivity index (χ4v) is 3.27. The average molecular weight is 342 g/mol. The standard InChI is InChI=1S/C20H23FN2O2/c1-23(2)19(14-7-4-3-5-8-14)20(24)22-17-9-6-12-25-18-11-10-15(21)13-16(17)18/h3-5,7-8,10-11,13,17,19H,6,9,12H2,1-2H3,(H,22,24)/t17-,19-/m1/s1.